The monoisotopic (exact) mass is 385 g/mol. The molecule has 1 unspecified atom stereocenters. The van der Waals surface area contributed by atoms with Gasteiger partial charge in [0.2, 0.25) is 0 Å². The minimum Gasteiger partial charge on any atom is -0.497 e. The van der Waals surface area contributed by atoms with Crippen molar-refractivity contribution in [3.63, 3.8) is 0 Å². The number of nitrogens with one attached hydrogen (secondary N) is 1. The van der Waals surface area contributed by atoms with Crippen molar-refractivity contribution in [1.82, 2.24) is 0 Å². The third kappa shape index (κ3) is 4.06. The Morgan fingerprint density at radius 3 is 2.44 bits per heavy atom. The van der Waals surface area contributed by atoms with Crippen LogP contribution in [0.3, 0.4) is 0 Å². The number of carbonyl (C=O) groups excluding carboxylic acids is 1. The summed E-state index contributed by atoms with van der Waals surface area (Å²) < 4.78 is 17.0. The number of hydrogen-bond acceptors (Lipinski definition) is 5. The van der Waals surface area contributed by atoms with Gasteiger partial charge in [-0.25, -0.2) is 0 Å². The molecule has 1 N–H and O–H groups in total. The first kappa shape index (κ1) is 19.2. The number of fused-ring (bicyclic) bond motifs is 1. The van der Waals surface area contributed by atoms with E-state index < -0.39 is 11.2 Å². The van der Waals surface area contributed by atoms with Crippen LogP contribution in [0.4, 0.5) is 5.69 Å². The summed E-state index contributed by atoms with van der Waals surface area (Å²) in [6, 6.07) is 15.1. The molecule has 3 rings (SSSR count). The molecule has 2 aromatic carbocycles. The van der Waals surface area contributed by atoms with Crippen LogP contribution in [0.25, 0.3) is 0 Å². The first-order chi connectivity index (χ1) is 12.7. The summed E-state index contributed by atoms with van der Waals surface area (Å²) in [5.74, 6) is 0.355. The van der Waals surface area contributed by atoms with Gasteiger partial charge in [0.25, 0.3) is 5.17 Å². The van der Waals surface area contributed by atoms with Gasteiger partial charge in [-0.2, -0.15) is 0 Å². The topological polar surface area (TPSA) is 56.8 Å². The van der Waals surface area contributed by atoms with E-state index in [-0.39, 0.29) is 17.6 Å². The third-order valence-corrected chi connectivity index (χ3v) is 4.42. The van der Waals surface area contributed by atoms with Gasteiger partial charge in [-0.1, -0.05) is 30.3 Å². The van der Waals surface area contributed by atoms with Crippen molar-refractivity contribution >= 4 is 29.0 Å². The Bertz CT molecular complexity index is 857. The van der Waals surface area contributed by atoms with Crippen molar-refractivity contribution in [3.05, 3.63) is 59.7 Å². The first-order valence-corrected chi connectivity index (χ1v) is 9.10. The fourth-order valence-corrected chi connectivity index (χ4v) is 3.43. The maximum absolute atomic E-state index is 12.8. The highest BCUT2D eigenvalue weighted by Crippen LogP contribution is 2.44. The van der Waals surface area contributed by atoms with Crippen molar-refractivity contribution in [2.24, 2.45) is 0 Å². The lowest BCUT2D eigenvalue weighted by Gasteiger charge is -2.40. The summed E-state index contributed by atoms with van der Waals surface area (Å²) in [6.07, 6.45) is -0.00453. The summed E-state index contributed by atoms with van der Waals surface area (Å²) in [5.41, 5.74) is 0.770. The van der Waals surface area contributed by atoms with Crippen LogP contribution in [0.1, 0.15) is 38.3 Å². The molecule has 0 saturated carbocycles. The Hall–Kier alpha value is -2.60. The van der Waals surface area contributed by atoms with E-state index in [2.05, 4.69) is 5.32 Å². The molecule has 142 valence electrons. The van der Waals surface area contributed by atoms with Crippen LogP contribution >= 0.6 is 12.2 Å². The molecule has 1 heterocycles. The molecule has 1 atom stereocenters. The fourth-order valence-electron chi connectivity index (χ4n) is 3.18. The molecule has 1 aliphatic heterocycles. The molecule has 1 aliphatic rings. The van der Waals surface area contributed by atoms with Gasteiger partial charge in [0.15, 0.2) is 5.60 Å². The van der Waals surface area contributed by atoms with Gasteiger partial charge in [0.1, 0.15) is 11.4 Å². The molecule has 27 heavy (non-hydrogen) atoms. The van der Waals surface area contributed by atoms with E-state index in [1.807, 2.05) is 69.3 Å². The van der Waals surface area contributed by atoms with Gasteiger partial charge in [0.05, 0.1) is 13.5 Å². The Kier molecular flexibility index (Phi) is 5.11. The van der Waals surface area contributed by atoms with Crippen molar-refractivity contribution in [3.8, 4) is 5.75 Å². The Labute approximate surface area is 164 Å². The van der Waals surface area contributed by atoms with Gasteiger partial charge in [-0.05, 0) is 51.2 Å². The van der Waals surface area contributed by atoms with E-state index in [9.17, 15) is 4.79 Å². The lowest BCUT2D eigenvalue weighted by molar-refractivity contribution is -0.159. The van der Waals surface area contributed by atoms with Crippen LogP contribution in [-0.2, 0) is 19.9 Å². The minimum absolute atomic E-state index is 0.00453. The second-order valence-electron chi connectivity index (χ2n) is 7.38. The standard InChI is InChI=1S/C21H23NO4S/c1-20(2,3)25-18(23)13-21(14-9-11-15(24-4)12-10-14)16-7-5-6-8-17(16)22-19(27)26-21/h5-12H,13H2,1-4H3,(H,22,27). The van der Waals surface area contributed by atoms with E-state index >= 15 is 0 Å². The van der Waals surface area contributed by atoms with E-state index in [0.717, 1.165) is 22.6 Å². The van der Waals surface area contributed by atoms with Crippen LogP contribution < -0.4 is 10.1 Å². The molecule has 0 spiro atoms. The molecule has 0 amide bonds. The molecule has 0 aliphatic carbocycles. The molecule has 6 heteroatoms. The molecule has 0 radical (unpaired) electrons. The molecular formula is C21H23NO4S. The number of rotatable bonds is 4. The van der Waals surface area contributed by atoms with Crippen LogP contribution in [0.2, 0.25) is 0 Å². The lowest BCUT2D eigenvalue weighted by Crippen LogP contribution is -2.43. The van der Waals surface area contributed by atoms with Gasteiger partial charge in [-0.15, -0.1) is 0 Å². The Morgan fingerprint density at radius 2 is 1.81 bits per heavy atom. The van der Waals surface area contributed by atoms with Gasteiger partial charge < -0.3 is 19.5 Å². The Morgan fingerprint density at radius 1 is 1.15 bits per heavy atom. The molecule has 0 bridgehead atoms. The van der Waals surface area contributed by atoms with Crippen LogP contribution in [0.15, 0.2) is 48.5 Å². The molecular weight excluding hydrogens is 362 g/mol. The average molecular weight is 385 g/mol. The number of esters is 1. The molecule has 0 fully saturated rings. The maximum Gasteiger partial charge on any atom is 0.311 e. The molecule has 0 aromatic heterocycles. The number of carbonyl (C=O) groups is 1. The average Bonchev–Trinajstić information content (AvgIpc) is 2.60. The van der Waals surface area contributed by atoms with Crippen molar-refractivity contribution < 1.29 is 19.0 Å². The second kappa shape index (κ2) is 7.19. The highest BCUT2D eigenvalue weighted by atomic mass is 32.1. The smallest absolute Gasteiger partial charge is 0.311 e. The van der Waals surface area contributed by atoms with Crippen molar-refractivity contribution in [2.45, 2.75) is 38.4 Å². The van der Waals surface area contributed by atoms with Crippen molar-refractivity contribution in [2.75, 3.05) is 12.4 Å². The largest absolute Gasteiger partial charge is 0.497 e. The van der Waals surface area contributed by atoms with E-state index in [4.69, 9.17) is 26.4 Å². The normalized spacial score (nSPS) is 18.7. The lowest BCUT2D eigenvalue weighted by atomic mass is 9.81. The van der Waals surface area contributed by atoms with E-state index in [0.29, 0.717) is 0 Å². The number of anilines is 1. The summed E-state index contributed by atoms with van der Waals surface area (Å²) in [7, 11) is 1.61. The van der Waals surface area contributed by atoms with E-state index in [1.54, 1.807) is 7.11 Å². The number of para-hydroxylation sites is 1. The summed E-state index contributed by atoms with van der Waals surface area (Å²) >= 11 is 5.33. The summed E-state index contributed by atoms with van der Waals surface area (Å²) in [4.78, 5) is 12.8. The van der Waals surface area contributed by atoms with Crippen LogP contribution in [-0.4, -0.2) is 23.9 Å². The third-order valence-electron chi connectivity index (χ3n) is 4.24. The van der Waals surface area contributed by atoms with Crippen LogP contribution in [0, 0.1) is 0 Å². The van der Waals surface area contributed by atoms with Gasteiger partial charge in [-0.3, -0.25) is 4.79 Å². The highest BCUT2D eigenvalue weighted by Gasteiger charge is 2.45. The maximum atomic E-state index is 12.8. The van der Waals surface area contributed by atoms with Gasteiger partial charge >= 0.3 is 5.97 Å². The van der Waals surface area contributed by atoms with Crippen LogP contribution in [0.5, 0.6) is 5.75 Å². The van der Waals surface area contributed by atoms with E-state index in [1.165, 1.54) is 0 Å². The van der Waals surface area contributed by atoms with Gasteiger partial charge in [0, 0.05) is 16.8 Å². The predicted molar refractivity (Wildman–Crippen MR) is 108 cm³/mol. The summed E-state index contributed by atoms with van der Waals surface area (Å²) in [6.45, 7) is 5.52. The quantitative estimate of drug-likeness (QED) is 0.622. The number of benzene rings is 2. The number of hydrogen-bond donors (Lipinski definition) is 1. The number of methoxy groups -OCH3 is 1. The zero-order valence-corrected chi connectivity index (χ0v) is 16.7. The first-order valence-electron chi connectivity index (χ1n) is 8.69. The Balaban J connectivity index is 2.12. The number of thiocarbonyl (C=S) groups is 1. The minimum atomic E-state index is -1.08. The zero-order valence-electron chi connectivity index (χ0n) is 15.9. The second-order valence-corrected chi connectivity index (χ2v) is 7.75. The fraction of sp³-hybridized carbons (Fsp3) is 0.333. The predicted octanol–water partition coefficient (Wildman–Crippen LogP) is 4.40. The zero-order chi connectivity index (χ0) is 19.7. The SMILES string of the molecule is COc1ccc(C2(CC(=O)OC(C)(C)C)OC(=S)Nc3ccccc32)cc1. The summed E-state index contributed by atoms with van der Waals surface area (Å²) in [5, 5.41) is 3.28. The van der Waals surface area contributed by atoms with Crippen molar-refractivity contribution in [1.29, 1.82) is 0 Å². The molecule has 5 nitrogen and oxygen atoms in total. The molecule has 2 aromatic rings. The molecule has 0 saturated heterocycles. The number of ether oxygens (including phenoxy) is 3. The highest BCUT2D eigenvalue weighted by molar-refractivity contribution is 7.80.